The molecule has 0 atom stereocenters. The number of thiocarbonyl (C=S) groups is 1. The van der Waals surface area contributed by atoms with Crippen LogP contribution >= 0.6 is 28.1 Å². The van der Waals surface area contributed by atoms with E-state index >= 15 is 0 Å². The topological polar surface area (TPSA) is 38.0 Å². The van der Waals surface area contributed by atoms with Gasteiger partial charge in [-0.2, -0.15) is 0 Å². The van der Waals surface area contributed by atoms with Gasteiger partial charge in [0.15, 0.2) is 5.82 Å². The van der Waals surface area contributed by atoms with Crippen molar-refractivity contribution in [1.29, 1.82) is 0 Å². The Balaban J connectivity index is 2.40. The minimum Gasteiger partial charge on any atom is -0.389 e. The summed E-state index contributed by atoms with van der Waals surface area (Å²) in [4.78, 5) is 0.160. The number of hydrogen-bond acceptors (Lipinski definition) is 2. The zero-order valence-electron chi connectivity index (χ0n) is 10.2. The molecule has 0 aliphatic carbocycles. The lowest BCUT2D eigenvalue weighted by Gasteiger charge is -2.12. The Bertz CT molecular complexity index is 643. The molecule has 0 aliphatic heterocycles. The number of halogens is 2. The van der Waals surface area contributed by atoms with Crippen molar-refractivity contribution in [2.45, 2.75) is 6.92 Å². The average molecular weight is 339 g/mol. The molecule has 0 bridgehead atoms. The lowest BCUT2D eigenvalue weighted by atomic mass is 10.1. The van der Waals surface area contributed by atoms with Gasteiger partial charge in [-0.3, -0.25) is 0 Å². The molecule has 0 unspecified atom stereocenters. The molecule has 2 aromatic rings. The van der Waals surface area contributed by atoms with E-state index in [2.05, 4.69) is 21.2 Å². The van der Waals surface area contributed by atoms with Crippen LogP contribution in [0.4, 0.5) is 15.8 Å². The first-order valence-electron chi connectivity index (χ1n) is 5.61. The predicted molar refractivity (Wildman–Crippen MR) is 84.4 cm³/mol. The van der Waals surface area contributed by atoms with Crippen LogP contribution in [0.5, 0.6) is 0 Å². The van der Waals surface area contributed by atoms with E-state index in [1.807, 2.05) is 31.2 Å². The minimum atomic E-state index is -0.409. The zero-order valence-corrected chi connectivity index (χ0v) is 12.6. The van der Waals surface area contributed by atoms with E-state index in [1.54, 1.807) is 12.1 Å². The maximum atomic E-state index is 14.2. The summed E-state index contributed by atoms with van der Waals surface area (Å²) in [5.41, 5.74) is 8.29. The van der Waals surface area contributed by atoms with Gasteiger partial charge in [-0.05, 0) is 46.6 Å². The highest BCUT2D eigenvalue weighted by atomic mass is 79.9. The summed E-state index contributed by atoms with van der Waals surface area (Å²) in [6.07, 6.45) is 0. The molecule has 0 aromatic heterocycles. The summed E-state index contributed by atoms with van der Waals surface area (Å²) in [5, 5.41) is 3.06. The Hall–Kier alpha value is -1.46. The second-order valence-electron chi connectivity index (χ2n) is 4.09. The van der Waals surface area contributed by atoms with Crippen LogP contribution in [0.2, 0.25) is 0 Å². The molecule has 0 spiro atoms. The number of aryl methyl sites for hydroxylation is 1. The van der Waals surface area contributed by atoms with E-state index in [0.717, 1.165) is 11.3 Å². The normalized spacial score (nSPS) is 10.3. The summed E-state index contributed by atoms with van der Waals surface area (Å²) >= 11 is 8.04. The van der Waals surface area contributed by atoms with Crippen molar-refractivity contribution >= 4 is 44.5 Å². The lowest BCUT2D eigenvalue weighted by molar-refractivity contribution is 0.625. The number of nitrogens with two attached hydrogens (primary N) is 1. The molecule has 0 saturated heterocycles. The van der Waals surface area contributed by atoms with Crippen molar-refractivity contribution < 1.29 is 4.39 Å². The van der Waals surface area contributed by atoms with Gasteiger partial charge in [-0.25, -0.2) is 4.39 Å². The highest BCUT2D eigenvalue weighted by Crippen LogP contribution is 2.29. The van der Waals surface area contributed by atoms with Crippen molar-refractivity contribution in [3.63, 3.8) is 0 Å². The van der Waals surface area contributed by atoms with Crippen molar-refractivity contribution in [2.24, 2.45) is 5.73 Å². The van der Waals surface area contributed by atoms with Gasteiger partial charge in [-0.1, -0.05) is 30.4 Å². The lowest BCUT2D eigenvalue weighted by Crippen LogP contribution is -2.11. The van der Waals surface area contributed by atoms with Crippen molar-refractivity contribution in [1.82, 2.24) is 0 Å². The molecule has 19 heavy (non-hydrogen) atoms. The van der Waals surface area contributed by atoms with E-state index in [1.165, 1.54) is 0 Å². The molecular weight excluding hydrogens is 327 g/mol. The first-order chi connectivity index (χ1) is 9.00. The Labute approximate surface area is 124 Å². The molecule has 0 amide bonds. The van der Waals surface area contributed by atoms with Gasteiger partial charge in [0.2, 0.25) is 0 Å². The number of hydrogen-bond donors (Lipinski definition) is 2. The fourth-order valence-electron chi connectivity index (χ4n) is 1.69. The number of anilines is 2. The molecule has 2 nitrogen and oxygen atoms in total. The SMILES string of the molecule is Cc1ccccc1Nc1ccc(C(N)=S)c(Br)c1F. The first-order valence-corrected chi connectivity index (χ1v) is 6.81. The highest BCUT2D eigenvalue weighted by molar-refractivity contribution is 9.10. The third-order valence-electron chi connectivity index (χ3n) is 2.76. The molecule has 5 heteroatoms. The number of nitrogens with one attached hydrogen (secondary N) is 1. The van der Waals surface area contributed by atoms with Crippen LogP contribution in [-0.2, 0) is 0 Å². The molecule has 2 rings (SSSR count). The summed E-state index contributed by atoms with van der Waals surface area (Å²) in [7, 11) is 0. The maximum Gasteiger partial charge on any atom is 0.161 e. The molecule has 3 N–H and O–H groups in total. The van der Waals surface area contributed by atoms with Gasteiger partial charge in [0.25, 0.3) is 0 Å². The summed E-state index contributed by atoms with van der Waals surface area (Å²) < 4.78 is 14.5. The number of para-hydroxylation sites is 1. The van der Waals surface area contributed by atoms with Crippen molar-refractivity contribution in [3.8, 4) is 0 Å². The van der Waals surface area contributed by atoms with Crippen LogP contribution in [0.15, 0.2) is 40.9 Å². The van der Waals surface area contributed by atoms with Gasteiger partial charge in [0, 0.05) is 11.3 Å². The molecule has 2 aromatic carbocycles. The molecule has 0 fully saturated rings. The largest absolute Gasteiger partial charge is 0.389 e. The molecule has 98 valence electrons. The summed E-state index contributed by atoms with van der Waals surface area (Å²) in [6, 6.07) is 11.0. The van der Waals surface area contributed by atoms with E-state index in [0.29, 0.717) is 11.3 Å². The summed E-state index contributed by atoms with van der Waals surface area (Å²) in [6.45, 7) is 1.96. The fourth-order valence-corrected chi connectivity index (χ4v) is 2.56. The quantitative estimate of drug-likeness (QED) is 0.820. The first kappa shape index (κ1) is 14.0. The molecule has 0 aliphatic rings. The Morgan fingerprint density at radius 1 is 1.21 bits per heavy atom. The minimum absolute atomic E-state index is 0.160. The Morgan fingerprint density at radius 2 is 1.89 bits per heavy atom. The van der Waals surface area contributed by atoms with Crippen LogP contribution < -0.4 is 11.1 Å². The van der Waals surface area contributed by atoms with Crippen LogP contribution in [0, 0.1) is 12.7 Å². The van der Waals surface area contributed by atoms with Gasteiger partial charge >= 0.3 is 0 Å². The molecule has 0 heterocycles. The Kier molecular flexibility index (Phi) is 4.17. The smallest absolute Gasteiger partial charge is 0.161 e. The fraction of sp³-hybridized carbons (Fsp3) is 0.0714. The van der Waals surface area contributed by atoms with Crippen molar-refractivity contribution in [3.05, 3.63) is 57.8 Å². The Morgan fingerprint density at radius 3 is 2.53 bits per heavy atom. The van der Waals surface area contributed by atoms with Crippen LogP contribution in [0.25, 0.3) is 0 Å². The predicted octanol–water partition coefficient (Wildman–Crippen LogP) is 4.27. The van der Waals surface area contributed by atoms with E-state index in [-0.39, 0.29) is 9.46 Å². The standard InChI is InChI=1S/C14H12BrFN2S/c1-8-4-2-3-5-10(8)18-11-7-6-9(14(17)19)12(15)13(11)16/h2-7,18H,1H3,(H2,17,19). The monoisotopic (exact) mass is 338 g/mol. The van der Waals surface area contributed by atoms with E-state index < -0.39 is 5.82 Å². The maximum absolute atomic E-state index is 14.2. The third-order valence-corrected chi connectivity index (χ3v) is 3.76. The van der Waals surface area contributed by atoms with E-state index in [9.17, 15) is 4.39 Å². The summed E-state index contributed by atoms with van der Waals surface area (Å²) in [5.74, 6) is -0.409. The van der Waals surface area contributed by atoms with E-state index in [4.69, 9.17) is 18.0 Å². The van der Waals surface area contributed by atoms with Crippen LogP contribution in [0.3, 0.4) is 0 Å². The van der Waals surface area contributed by atoms with Gasteiger partial charge < -0.3 is 11.1 Å². The second kappa shape index (κ2) is 5.67. The molecular formula is C14H12BrFN2S. The average Bonchev–Trinajstić information content (AvgIpc) is 2.37. The van der Waals surface area contributed by atoms with Gasteiger partial charge in [0.1, 0.15) is 4.99 Å². The third kappa shape index (κ3) is 2.93. The molecule has 0 radical (unpaired) electrons. The van der Waals surface area contributed by atoms with Crippen LogP contribution in [0.1, 0.15) is 11.1 Å². The van der Waals surface area contributed by atoms with Gasteiger partial charge in [0.05, 0.1) is 10.2 Å². The zero-order chi connectivity index (χ0) is 14.0. The second-order valence-corrected chi connectivity index (χ2v) is 5.33. The molecule has 0 saturated carbocycles. The van der Waals surface area contributed by atoms with Crippen LogP contribution in [-0.4, -0.2) is 4.99 Å². The van der Waals surface area contributed by atoms with Crippen molar-refractivity contribution in [2.75, 3.05) is 5.32 Å². The highest BCUT2D eigenvalue weighted by Gasteiger charge is 2.13. The van der Waals surface area contributed by atoms with Gasteiger partial charge in [-0.15, -0.1) is 0 Å². The number of rotatable bonds is 3. The number of benzene rings is 2.